The van der Waals surface area contributed by atoms with Crippen LogP contribution < -0.4 is 15.9 Å². The van der Waals surface area contributed by atoms with Gasteiger partial charge >= 0.3 is 11.7 Å². The molecule has 0 saturated heterocycles. The largest absolute Gasteiger partial charge is 0.377 e. The highest BCUT2D eigenvalue weighted by Gasteiger charge is 2.26. The number of benzene rings is 2. The van der Waals surface area contributed by atoms with Crippen LogP contribution >= 0.6 is 0 Å². The number of rotatable bonds is 6. The molecule has 12 heteroatoms. The number of nitrogens with zero attached hydrogens (tertiary/aromatic N) is 5. The number of anilines is 1. The molecule has 168 valence electrons. The minimum atomic E-state index is -1.24. The molecule has 0 fully saturated rings. The fourth-order valence-corrected chi connectivity index (χ4v) is 2.93. The number of tetrazole rings is 1. The summed E-state index contributed by atoms with van der Waals surface area (Å²) in [5, 5.41) is 9.36. The Balaban J connectivity index is 1.95. The molecule has 1 aromatic heterocycles. The van der Waals surface area contributed by atoms with Gasteiger partial charge in [0.05, 0.1) is 5.69 Å². The maximum atomic E-state index is 14.7. The molecular weight excluding hydrogens is 429 g/mol. The number of aromatic nitrogens is 4. The van der Waals surface area contributed by atoms with Crippen LogP contribution in [-0.4, -0.2) is 44.8 Å². The molecule has 0 atom stereocenters. The molecule has 32 heavy (non-hydrogen) atoms. The van der Waals surface area contributed by atoms with Crippen LogP contribution in [0.4, 0.5) is 23.7 Å². The summed E-state index contributed by atoms with van der Waals surface area (Å²) in [5.41, 5.74) is -2.20. The molecule has 2 amide bonds. The molecule has 2 aromatic carbocycles. The van der Waals surface area contributed by atoms with E-state index < -0.39 is 40.8 Å². The smallest absolute Gasteiger partial charge is 0.352 e. The molecule has 1 N–H and O–H groups in total. The van der Waals surface area contributed by atoms with Crippen molar-refractivity contribution in [3.63, 3.8) is 0 Å². The SMILES string of the molecule is CCCNC(=O)c1ccc(N(CC)C(=O)n2nnn(-c3c(F)cccc3F)c2=O)c(F)c1. The van der Waals surface area contributed by atoms with Gasteiger partial charge in [-0.2, -0.15) is 4.68 Å². The second kappa shape index (κ2) is 9.45. The minimum absolute atomic E-state index is 0.0568. The van der Waals surface area contributed by atoms with E-state index in [1.807, 2.05) is 6.92 Å². The van der Waals surface area contributed by atoms with Crippen LogP contribution in [0.1, 0.15) is 30.6 Å². The molecule has 0 spiro atoms. The highest BCUT2D eigenvalue weighted by atomic mass is 19.1. The third-order valence-electron chi connectivity index (χ3n) is 4.50. The molecule has 0 bridgehead atoms. The fourth-order valence-electron chi connectivity index (χ4n) is 2.93. The van der Waals surface area contributed by atoms with Gasteiger partial charge < -0.3 is 5.32 Å². The van der Waals surface area contributed by atoms with Crippen LogP contribution in [0, 0.1) is 17.5 Å². The molecule has 0 unspecified atom stereocenters. The molecule has 1 heterocycles. The predicted octanol–water partition coefficient (Wildman–Crippen LogP) is 2.48. The summed E-state index contributed by atoms with van der Waals surface area (Å²) in [4.78, 5) is 38.3. The van der Waals surface area contributed by atoms with Crippen LogP contribution in [0.15, 0.2) is 41.2 Å². The van der Waals surface area contributed by atoms with E-state index in [0.29, 0.717) is 17.6 Å². The molecular formula is C20H19F3N6O3. The highest BCUT2D eigenvalue weighted by Crippen LogP contribution is 2.21. The van der Waals surface area contributed by atoms with Crippen molar-refractivity contribution in [3.8, 4) is 5.69 Å². The summed E-state index contributed by atoms with van der Waals surface area (Å²) < 4.78 is 43.3. The van der Waals surface area contributed by atoms with Gasteiger partial charge in [-0.1, -0.05) is 13.0 Å². The van der Waals surface area contributed by atoms with Crippen molar-refractivity contribution >= 4 is 17.6 Å². The number of para-hydroxylation sites is 1. The highest BCUT2D eigenvalue weighted by molar-refractivity contribution is 5.96. The van der Waals surface area contributed by atoms with Crippen molar-refractivity contribution in [2.45, 2.75) is 20.3 Å². The first-order valence-corrected chi connectivity index (χ1v) is 9.69. The maximum Gasteiger partial charge on any atom is 0.377 e. The minimum Gasteiger partial charge on any atom is -0.352 e. The summed E-state index contributed by atoms with van der Waals surface area (Å²) in [5.74, 6) is -3.52. The third kappa shape index (κ3) is 4.24. The van der Waals surface area contributed by atoms with Crippen molar-refractivity contribution in [1.29, 1.82) is 0 Å². The lowest BCUT2D eigenvalue weighted by Crippen LogP contribution is -2.41. The number of carbonyl (C=O) groups excluding carboxylic acids is 2. The number of nitrogens with one attached hydrogen (secondary N) is 1. The molecule has 0 saturated carbocycles. The second-order valence-corrected chi connectivity index (χ2v) is 6.60. The summed E-state index contributed by atoms with van der Waals surface area (Å²) in [6, 6.07) is 5.34. The van der Waals surface area contributed by atoms with Crippen LogP contribution in [0.3, 0.4) is 0 Å². The fraction of sp³-hybridized carbons (Fsp3) is 0.250. The van der Waals surface area contributed by atoms with Crippen LogP contribution in [0.2, 0.25) is 0 Å². The average Bonchev–Trinajstić information content (AvgIpc) is 3.14. The first kappa shape index (κ1) is 22.7. The lowest BCUT2D eigenvalue weighted by Gasteiger charge is -2.20. The summed E-state index contributed by atoms with van der Waals surface area (Å²) in [6.07, 6.45) is 0.705. The van der Waals surface area contributed by atoms with E-state index in [1.54, 1.807) is 0 Å². The molecule has 3 rings (SSSR count). The predicted molar refractivity (Wildman–Crippen MR) is 108 cm³/mol. The lowest BCUT2D eigenvalue weighted by molar-refractivity contribution is 0.0953. The Morgan fingerprint density at radius 1 is 1.03 bits per heavy atom. The van der Waals surface area contributed by atoms with E-state index in [2.05, 4.69) is 15.7 Å². The Labute approximate surface area is 180 Å². The van der Waals surface area contributed by atoms with Crippen molar-refractivity contribution in [3.05, 3.63) is 69.9 Å². The second-order valence-electron chi connectivity index (χ2n) is 6.60. The molecule has 0 aliphatic heterocycles. The third-order valence-corrected chi connectivity index (χ3v) is 4.50. The monoisotopic (exact) mass is 448 g/mol. The van der Waals surface area contributed by atoms with E-state index in [9.17, 15) is 27.6 Å². The maximum absolute atomic E-state index is 14.7. The van der Waals surface area contributed by atoms with Gasteiger partial charge in [-0.25, -0.2) is 22.8 Å². The number of hydrogen-bond donors (Lipinski definition) is 1. The number of carbonyl (C=O) groups is 2. The summed E-state index contributed by atoms with van der Waals surface area (Å²) in [7, 11) is 0. The topological polar surface area (TPSA) is 102 Å². The number of hydrogen-bond acceptors (Lipinski definition) is 5. The van der Waals surface area contributed by atoms with Crippen molar-refractivity contribution in [1.82, 2.24) is 25.1 Å². The average molecular weight is 448 g/mol. The van der Waals surface area contributed by atoms with Crippen LogP contribution in [0.25, 0.3) is 5.69 Å². The first-order chi connectivity index (χ1) is 15.3. The van der Waals surface area contributed by atoms with Crippen molar-refractivity contribution in [2.24, 2.45) is 0 Å². The van der Waals surface area contributed by atoms with E-state index in [0.717, 1.165) is 29.2 Å². The van der Waals surface area contributed by atoms with Gasteiger partial charge in [0.2, 0.25) is 0 Å². The Morgan fingerprint density at radius 3 is 2.31 bits per heavy atom. The summed E-state index contributed by atoms with van der Waals surface area (Å²) >= 11 is 0. The van der Waals surface area contributed by atoms with Gasteiger partial charge in [-0.05, 0) is 54.1 Å². The van der Waals surface area contributed by atoms with Gasteiger partial charge in [0.15, 0.2) is 11.6 Å². The van der Waals surface area contributed by atoms with Gasteiger partial charge in [-0.3, -0.25) is 9.69 Å². The number of amides is 2. The zero-order valence-electron chi connectivity index (χ0n) is 17.2. The molecule has 9 nitrogen and oxygen atoms in total. The standard InChI is InChI=1S/C20H19F3N6O3/c1-3-10-24-18(30)12-8-9-16(15(23)11-12)27(4-2)19(31)29-20(32)28(25-26-29)17-13(21)6-5-7-14(17)22/h5-9,11H,3-4,10H2,1-2H3,(H,24,30). The van der Waals surface area contributed by atoms with Crippen LogP contribution in [-0.2, 0) is 0 Å². The molecule has 0 aliphatic rings. The molecule has 0 radical (unpaired) electrons. The van der Waals surface area contributed by atoms with Gasteiger partial charge in [0.1, 0.15) is 11.5 Å². The van der Waals surface area contributed by atoms with E-state index in [1.165, 1.54) is 19.1 Å². The van der Waals surface area contributed by atoms with Crippen molar-refractivity contribution < 1.29 is 22.8 Å². The van der Waals surface area contributed by atoms with E-state index in [4.69, 9.17) is 0 Å². The van der Waals surface area contributed by atoms with E-state index >= 15 is 0 Å². The molecule has 0 aliphatic carbocycles. The van der Waals surface area contributed by atoms with Gasteiger partial charge in [0, 0.05) is 18.7 Å². The van der Waals surface area contributed by atoms with E-state index in [-0.39, 0.29) is 22.5 Å². The normalized spacial score (nSPS) is 10.8. The zero-order chi connectivity index (χ0) is 23.4. The summed E-state index contributed by atoms with van der Waals surface area (Å²) in [6.45, 7) is 3.73. The van der Waals surface area contributed by atoms with Crippen LogP contribution in [0.5, 0.6) is 0 Å². The lowest BCUT2D eigenvalue weighted by atomic mass is 10.1. The Hall–Kier alpha value is -3.96. The quantitative estimate of drug-likeness (QED) is 0.584. The Bertz CT molecular complexity index is 1200. The van der Waals surface area contributed by atoms with Gasteiger partial charge in [0.25, 0.3) is 5.91 Å². The zero-order valence-corrected chi connectivity index (χ0v) is 17.2. The molecule has 3 aromatic rings. The van der Waals surface area contributed by atoms with Crippen molar-refractivity contribution in [2.75, 3.05) is 18.0 Å². The van der Waals surface area contributed by atoms with Gasteiger partial charge in [-0.15, -0.1) is 4.68 Å². The first-order valence-electron chi connectivity index (χ1n) is 9.69. The Kier molecular flexibility index (Phi) is 6.71. The Morgan fingerprint density at radius 2 is 1.72 bits per heavy atom. The number of halogens is 3.